The minimum atomic E-state index is -0.0935. The predicted octanol–water partition coefficient (Wildman–Crippen LogP) is 0.645. The van der Waals surface area contributed by atoms with E-state index in [1.165, 1.54) is 0 Å². The number of thioether (sulfide) groups is 1. The van der Waals surface area contributed by atoms with Gasteiger partial charge in [0, 0.05) is 18.1 Å². The number of hydrogen-bond donors (Lipinski definition) is 1. The van der Waals surface area contributed by atoms with Crippen LogP contribution in [0.4, 0.5) is 0 Å². The molecule has 0 spiro atoms. The van der Waals surface area contributed by atoms with Crippen LogP contribution in [0.2, 0.25) is 0 Å². The molecule has 0 aliphatic carbocycles. The van der Waals surface area contributed by atoms with Gasteiger partial charge in [-0.1, -0.05) is 6.92 Å². The Morgan fingerprint density at radius 2 is 2.58 bits per heavy atom. The molecule has 1 aliphatic heterocycles. The molecule has 1 aliphatic rings. The van der Waals surface area contributed by atoms with Crippen molar-refractivity contribution in [3.63, 3.8) is 0 Å². The molecule has 1 heterocycles. The largest absolute Gasteiger partial charge is 0.465 e. The molecule has 0 radical (unpaired) electrons. The molecule has 1 unspecified atom stereocenters. The Morgan fingerprint density at radius 3 is 3.17 bits per heavy atom. The molecule has 0 amide bonds. The Hall–Kier alpha value is -0.220. The zero-order chi connectivity index (χ0) is 8.81. The number of carbonyl (C=O) groups is 1. The molecule has 3 nitrogen and oxygen atoms in total. The Bertz CT molecular complexity index is 146. The molecule has 12 heavy (non-hydrogen) atoms. The van der Waals surface area contributed by atoms with E-state index in [9.17, 15) is 4.79 Å². The molecular weight excluding hydrogens is 174 g/mol. The van der Waals surface area contributed by atoms with E-state index in [0.29, 0.717) is 6.61 Å². The maximum absolute atomic E-state index is 11.3. The van der Waals surface area contributed by atoms with Crippen LogP contribution >= 0.6 is 11.8 Å². The lowest BCUT2D eigenvalue weighted by Crippen LogP contribution is -2.44. The summed E-state index contributed by atoms with van der Waals surface area (Å²) in [5.41, 5.74) is 0. The fourth-order valence-corrected chi connectivity index (χ4v) is 1.94. The number of hydrogen-bond acceptors (Lipinski definition) is 4. The highest BCUT2D eigenvalue weighted by Gasteiger charge is 2.21. The van der Waals surface area contributed by atoms with Gasteiger partial charge in [0.2, 0.25) is 0 Å². The van der Waals surface area contributed by atoms with Gasteiger partial charge in [-0.05, 0) is 6.42 Å². The number of esters is 1. The summed E-state index contributed by atoms with van der Waals surface area (Å²) in [5, 5.41) is 3.13. The molecular formula is C8H15NO2S. The van der Waals surface area contributed by atoms with Gasteiger partial charge < -0.3 is 10.1 Å². The zero-order valence-corrected chi connectivity index (χ0v) is 8.15. The average molecular weight is 189 g/mol. The van der Waals surface area contributed by atoms with Crippen LogP contribution in [0, 0.1) is 0 Å². The van der Waals surface area contributed by atoms with E-state index >= 15 is 0 Å². The van der Waals surface area contributed by atoms with E-state index in [4.69, 9.17) is 4.74 Å². The van der Waals surface area contributed by atoms with E-state index in [1.54, 1.807) is 11.8 Å². The van der Waals surface area contributed by atoms with Gasteiger partial charge in [-0.25, -0.2) is 0 Å². The van der Waals surface area contributed by atoms with Crippen molar-refractivity contribution in [1.29, 1.82) is 0 Å². The Morgan fingerprint density at radius 1 is 1.75 bits per heavy atom. The van der Waals surface area contributed by atoms with Crippen LogP contribution in [0.25, 0.3) is 0 Å². The van der Waals surface area contributed by atoms with Crippen molar-refractivity contribution in [2.24, 2.45) is 0 Å². The monoisotopic (exact) mass is 189 g/mol. The first-order valence-electron chi connectivity index (χ1n) is 4.32. The van der Waals surface area contributed by atoms with Gasteiger partial charge in [0.1, 0.15) is 6.04 Å². The molecule has 0 saturated carbocycles. The average Bonchev–Trinajstić information content (AvgIpc) is 2.15. The maximum atomic E-state index is 11.3. The van der Waals surface area contributed by atoms with Crippen molar-refractivity contribution in [2.75, 3.05) is 24.7 Å². The lowest BCUT2D eigenvalue weighted by molar-refractivity contribution is -0.145. The van der Waals surface area contributed by atoms with E-state index < -0.39 is 0 Å². The van der Waals surface area contributed by atoms with E-state index in [1.807, 2.05) is 6.92 Å². The second-order valence-electron chi connectivity index (χ2n) is 2.75. The normalized spacial score (nSPS) is 23.6. The number of rotatable bonds is 3. The first-order valence-corrected chi connectivity index (χ1v) is 5.48. The molecule has 1 fully saturated rings. The lowest BCUT2D eigenvalue weighted by Gasteiger charge is -2.21. The van der Waals surface area contributed by atoms with Crippen LogP contribution in [0.5, 0.6) is 0 Å². The zero-order valence-electron chi connectivity index (χ0n) is 7.34. The van der Waals surface area contributed by atoms with Crippen molar-refractivity contribution >= 4 is 17.7 Å². The van der Waals surface area contributed by atoms with Gasteiger partial charge in [-0.15, -0.1) is 0 Å². The predicted molar refractivity (Wildman–Crippen MR) is 50.4 cm³/mol. The van der Waals surface area contributed by atoms with Crippen LogP contribution in [0.1, 0.15) is 13.3 Å². The minimum absolute atomic E-state index is 0.0738. The van der Waals surface area contributed by atoms with E-state index in [2.05, 4.69) is 5.32 Å². The van der Waals surface area contributed by atoms with Gasteiger partial charge in [0.25, 0.3) is 0 Å². The lowest BCUT2D eigenvalue weighted by atomic mass is 10.3. The summed E-state index contributed by atoms with van der Waals surface area (Å²) in [4.78, 5) is 11.3. The molecule has 1 atom stereocenters. The topological polar surface area (TPSA) is 38.3 Å². The minimum Gasteiger partial charge on any atom is -0.465 e. The van der Waals surface area contributed by atoms with Gasteiger partial charge in [-0.2, -0.15) is 11.8 Å². The molecule has 4 heteroatoms. The fraction of sp³-hybridized carbons (Fsp3) is 0.875. The van der Waals surface area contributed by atoms with Crippen LogP contribution in [0.3, 0.4) is 0 Å². The number of nitrogens with one attached hydrogen (secondary N) is 1. The summed E-state index contributed by atoms with van der Waals surface area (Å²) in [6, 6.07) is -0.0738. The number of carbonyl (C=O) groups excluding carboxylic acids is 1. The fourth-order valence-electron chi connectivity index (χ4n) is 1.02. The van der Waals surface area contributed by atoms with Crippen LogP contribution in [-0.4, -0.2) is 36.7 Å². The third-order valence-corrected chi connectivity index (χ3v) is 2.72. The second kappa shape index (κ2) is 5.43. The maximum Gasteiger partial charge on any atom is 0.323 e. The summed E-state index contributed by atoms with van der Waals surface area (Å²) in [7, 11) is 0. The quantitative estimate of drug-likeness (QED) is 0.661. The van der Waals surface area contributed by atoms with Crippen molar-refractivity contribution in [1.82, 2.24) is 5.32 Å². The third-order valence-electron chi connectivity index (χ3n) is 1.65. The first kappa shape index (κ1) is 9.86. The van der Waals surface area contributed by atoms with Crippen molar-refractivity contribution in [3.8, 4) is 0 Å². The molecule has 0 aromatic carbocycles. The molecule has 0 aromatic heterocycles. The molecule has 1 N–H and O–H groups in total. The highest BCUT2D eigenvalue weighted by Crippen LogP contribution is 2.08. The molecule has 70 valence electrons. The Kier molecular flexibility index (Phi) is 4.46. The molecule has 1 rings (SSSR count). The van der Waals surface area contributed by atoms with E-state index in [-0.39, 0.29) is 12.0 Å². The van der Waals surface area contributed by atoms with Crippen molar-refractivity contribution < 1.29 is 9.53 Å². The summed E-state index contributed by atoms with van der Waals surface area (Å²) in [6.45, 7) is 3.45. The first-order chi connectivity index (χ1) is 5.84. The summed E-state index contributed by atoms with van der Waals surface area (Å²) in [5.74, 6) is 1.85. The Balaban J connectivity index is 2.20. The van der Waals surface area contributed by atoms with Gasteiger partial charge in [0.05, 0.1) is 6.61 Å². The van der Waals surface area contributed by atoms with Crippen LogP contribution < -0.4 is 5.32 Å². The van der Waals surface area contributed by atoms with Gasteiger partial charge >= 0.3 is 5.97 Å². The summed E-state index contributed by atoms with van der Waals surface area (Å²) in [6.07, 6.45) is 0.894. The highest BCUT2D eigenvalue weighted by atomic mass is 32.2. The van der Waals surface area contributed by atoms with Gasteiger partial charge in [0.15, 0.2) is 0 Å². The summed E-state index contributed by atoms with van der Waals surface area (Å²) >= 11 is 1.80. The highest BCUT2D eigenvalue weighted by molar-refractivity contribution is 7.99. The second-order valence-corrected chi connectivity index (χ2v) is 3.90. The molecule has 0 aromatic rings. The Labute approximate surface area is 77.2 Å². The summed E-state index contributed by atoms with van der Waals surface area (Å²) < 4.78 is 5.02. The third kappa shape index (κ3) is 3.03. The number of ether oxygens (including phenoxy) is 1. The SMILES string of the molecule is CCCOC(=O)C1CSCCN1. The van der Waals surface area contributed by atoms with E-state index in [0.717, 1.165) is 24.5 Å². The van der Waals surface area contributed by atoms with Crippen molar-refractivity contribution in [3.05, 3.63) is 0 Å². The van der Waals surface area contributed by atoms with Gasteiger partial charge in [-0.3, -0.25) is 4.79 Å². The van der Waals surface area contributed by atoms with Crippen LogP contribution in [0.15, 0.2) is 0 Å². The van der Waals surface area contributed by atoms with Crippen LogP contribution in [-0.2, 0) is 9.53 Å². The molecule has 1 saturated heterocycles. The smallest absolute Gasteiger partial charge is 0.323 e. The molecule has 0 bridgehead atoms. The standard InChI is InChI=1S/C8H15NO2S/c1-2-4-11-8(10)7-6-12-5-3-9-7/h7,9H,2-6H2,1H3. The van der Waals surface area contributed by atoms with Crippen molar-refractivity contribution in [2.45, 2.75) is 19.4 Å².